The molecule has 10 atom stereocenters. The number of morpholine rings is 1. The third kappa shape index (κ3) is 13.8. The van der Waals surface area contributed by atoms with E-state index in [0.717, 1.165) is 4.90 Å². The first-order chi connectivity index (χ1) is 42.0. The number of aromatic hydroxyl groups is 2. The summed E-state index contributed by atoms with van der Waals surface area (Å²) in [5.41, 5.74) is 0.944. The molecule has 4 aliphatic heterocycles. The summed E-state index contributed by atoms with van der Waals surface area (Å²) in [5.74, 6) is -8.46. The summed E-state index contributed by atoms with van der Waals surface area (Å²) < 4.78 is 41.2. The van der Waals surface area contributed by atoms with Gasteiger partial charge in [0.25, 0.3) is 11.8 Å². The van der Waals surface area contributed by atoms with E-state index >= 15 is 0 Å². The van der Waals surface area contributed by atoms with Gasteiger partial charge in [-0.05, 0) is 62.3 Å². The lowest BCUT2D eigenvalue weighted by atomic mass is 9.72. The molecule has 0 saturated carbocycles. The van der Waals surface area contributed by atoms with E-state index in [0.29, 0.717) is 43.7 Å². The first-order valence-corrected chi connectivity index (χ1v) is 29.2. The molecule has 0 aromatic heterocycles. The topological polar surface area (TPSA) is 385 Å². The fourth-order valence-electron chi connectivity index (χ4n) is 12.3. The number of methoxy groups -OCH3 is 1. The van der Waals surface area contributed by atoms with E-state index in [1.54, 1.807) is 20.8 Å². The highest BCUT2D eigenvalue weighted by Crippen LogP contribution is 2.53. The lowest BCUT2D eigenvalue weighted by molar-refractivity contribution is -0.256. The molecule has 472 valence electrons. The van der Waals surface area contributed by atoms with Crippen molar-refractivity contribution in [2.75, 3.05) is 45.3 Å². The van der Waals surface area contributed by atoms with Gasteiger partial charge >= 0.3 is 12.2 Å². The number of primary amides is 1. The number of aliphatic hydroxyl groups is 2. The molecular formula is C61H72N6O21. The molecule has 0 spiro atoms. The number of hydrogen-bond donors (Lipinski definition) is 8. The third-order valence-electron chi connectivity index (χ3n) is 16.8. The van der Waals surface area contributed by atoms with Crippen molar-refractivity contribution in [2.45, 2.75) is 146 Å². The Morgan fingerprint density at radius 2 is 1.62 bits per heavy atom. The van der Waals surface area contributed by atoms with Gasteiger partial charge in [0, 0.05) is 105 Å². The molecule has 3 aromatic carbocycles. The largest absolute Gasteiger partial charge is 0.514 e. The molecule has 3 fully saturated rings. The number of carbonyl (C=O) groups is 10. The van der Waals surface area contributed by atoms with Gasteiger partial charge in [-0.3, -0.25) is 48.2 Å². The van der Waals surface area contributed by atoms with Crippen LogP contribution in [0.15, 0.2) is 54.6 Å². The summed E-state index contributed by atoms with van der Waals surface area (Å²) in [4.78, 5) is 135. The van der Waals surface area contributed by atoms with Crippen LogP contribution in [0.1, 0.15) is 133 Å². The summed E-state index contributed by atoms with van der Waals surface area (Å²) in [7, 11) is 1.50. The number of nitrogens with two attached hydrogens (primary N) is 1. The Hall–Kier alpha value is -8.02. The van der Waals surface area contributed by atoms with Crippen LogP contribution in [-0.2, 0) is 70.2 Å². The van der Waals surface area contributed by atoms with Crippen LogP contribution in [-0.4, -0.2) is 178 Å². The van der Waals surface area contributed by atoms with E-state index < -0.39 is 156 Å². The molecule has 0 bridgehead atoms. The van der Waals surface area contributed by atoms with Crippen molar-refractivity contribution in [1.29, 1.82) is 0 Å². The predicted octanol–water partition coefficient (Wildman–Crippen LogP) is 3.01. The Labute approximate surface area is 505 Å². The average Bonchev–Trinajstić information content (AvgIpc) is 1.52. The quantitative estimate of drug-likeness (QED) is 0.0155. The predicted molar refractivity (Wildman–Crippen MR) is 304 cm³/mol. The van der Waals surface area contributed by atoms with Crippen molar-refractivity contribution in [2.24, 2.45) is 17.6 Å². The number of rotatable bonds is 25. The molecule has 0 unspecified atom stereocenters. The molecule has 4 heterocycles. The molecule has 3 saturated heterocycles. The van der Waals surface area contributed by atoms with Crippen LogP contribution in [0.2, 0.25) is 0 Å². The van der Waals surface area contributed by atoms with Crippen molar-refractivity contribution in [3.63, 3.8) is 0 Å². The number of unbranched alkanes of at least 4 members (excludes halogenated alkanes) is 2. The van der Waals surface area contributed by atoms with E-state index in [2.05, 4.69) is 20.9 Å². The molecule has 0 radical (unpaired) electrons. The molecule has 27 nitrogen and oxygen atoms in total. The second kappa shape index (κ2) is 27.6. The van der Waals surface area contributed by atoms with Crippen molar-refractivity contribution >= 4 is 64.6 Å². The van der Waals surface area contributed by atoms with E-state index in [1.165, 1.54) is 61.7 Å². The summed E-state index contributed by atoms with van der Waals surface area (Å²) >= 11 is 0. The standard InChI is InChI=1S/C61H72N6O21/c1-30(2)50(65-42(71)13-6-5-7-21-67-43(72)18-19-44(67)73)38(69)24-33(10-9-20-63-59(62)79)56(78)64-34-16-14-32(15-17-34)29-84-60(80)87-39-12-8-11-35-46(39)53(76)49-48(51(35)74)52(75)36-26-61(81,41(70)28-68)27-40(47(36)54(49)77)86-45-25-37-55(31(3)85-45)88-57-58(82-4)83-23-22-66(37)57/h8,11-12,14-19,30-31,33,37,40,45,50,55,57-58,68,75,77,81H,5-7,9-10,13,20-29H2,1-4H3,(H,64,78)(H,65,71)(H3,62,63,79)/t31-,33+,37-,40-,45-,50-,55+,57+,58-,61-/m0/s1. The van der Waals surface area contributed by atoms with Gasteiger partial charge in [0.05, 0.1) is 41.5 Å². The number of phenolic OH excluding ortho intramolecular Hbond substituents is 2. The van der Waals surface area contributed by atoms with E-state index in [9.17, 15) is 68.4 Å². The van der Waals surface area contributed by atoms with E-state index in [1.807, 2.05) is 0 Å². The van der Waals surface area contributed by atoms with Gasteiger partial charge < -0.3 is 75.3 Å². The molecule has 9 rings (SSSR count). The molecule has 6 amide bonds. The number of ketones is 4. The Morgan fingerprint density at radius 1 is 0.898 bits per heavy atom. The lowest BCUT2D eigenvalue weighted by Crippen LogP contribution is -2.55. The minimum absolute atomic E-state index is 0.0895. The highest BCUT2D eigenvalue weighted by molar-refractivity contribution is 6.31. The number of imide groups is 1. The highest BCUT2D eigenvalue weighted by atomic mass is 16.7. The number of fused-ring (bicyclic) bond motifs is 6. The third-order valence-corrected chi connectivity index (χ3v) is 16.8. The number of aliphatic hydroxyl groups excluding tert-OH is 1. The number of phenols is 2. The summed E-state index contributed by atoms with van der Waals surface area (Å²) in [6.07, 6.45) is -3.04. The fraction of sp³-hybridized carbons (Fsp3) is 0.508. The van der Waals surface area contributed by atoms with Gasteiger partial charge in [0.1, 0.15) is 42.2 Å². The monoisotopic (exact) mass is 1220 g/mol. The summed E-state index contributed by atoms with van der Waals surface area (Å²) in [6, 6.07) is 7.87. The number of carbonyl (C=O) groups excluding carboxylic acids is 10. The number of nitrogens with one attached hydrogen (secondary N) is 3. The minimum Gasteiger partial charge on any atom is -0.507 e. The molecule has 6 aliphatic rings. The molecule has 3 aromatic rings. The van der Waals surface area contributed by atoms with Gasteiger partial charge in [-0.2, -0.15) is 0 Å². The molecular weight excluding hydrogens is 1150 g/mol. The Morgan fingerprint density at radius 3 is 2.32 bits per heavy atom. The maximum absolute atomic E-state index is 14.7. The van der Waals surface area contributed by atoms with Crippen LogP contribution in [0, 0.1) is 11.8 Å². The Bertz CT molecular complexity index is 3260. The minimum atomic E-state index is -2.38. The van der Waals surface area contributed by atoms with Gasteiger partial charge in [-0.25, -0.2) is 9.59 Å². The lowest BCUT2D eigenvalue weighted by Gasteiger charge is -2.43. The van der Waals surface area contributed by atoms with Crippen LogP contribution >= 0.6 is 0 Å². The number of amides is 6. The van der Waals surface area contributed by atoms with Gasteiger partial charge in [0.15, 0.2) is 36.2 Å². The van der Waals surface area contributed by atoms with Gasteiger partial charge in [-0.15, -0.1) is 0 Å². The summed E-state index contributed by atoms with van der Waals surface area (Å²) in [5, 5.41) is 54.0. The zero-order valence-corrected chi connectivity index (χ0v) is 49.0. The van der Waals surface area contributed by atoms with Crippen molar-refractivity contribution in [1.82, 2.24) is 20.4 Å². The van der Waals surface area contributed by atoms with Crippen molar-refractivity contribution in [3.8, 4) is 17.2 Å². The molecule has 27 heteroatoms. The zero-order valence-electron chi connectivity index (χ0n) is 49.0. The first-order valence-electron chi connectivity index (χ1n) is 29.2. The fourth-order valence-corrected chi connectivity index (χ4v) is 12.3. The second-order valence-corrected chi connectivity index (χ2v) is 23.0. The number of hydrogen-bond acceptors (Lipinski definition) is 22. The number of ether oxygens (including phenoxy) is 7. The normalized spacial score (nSPS) is 24.4. The smallest absolute Gasteiger partial charge is 0.507 e. The van der Waals surface area contributed by atoms with Crippen molar-refractivity contribution < 1.29 is 102 Å². The number of benzene rings is 3. The van der Waals surface area contributed by atoms with Crippen molar-refractivity contribution in [3.05, 3.63) is 93.6 Å². The summed E-state index contributed by atoms with van der Waals surface area (Å²) in [6.45, 7) is 4.98. The van der Waals surface area contributed by atoms with Crippen LogP contribution in [0.4, 0.5) is 15.3 Å². The molecule has 9 N–H and O–H groups in total. The Balaban J connectivity index is 0.841. The maximum Gasteiger partial charge on any atom is 0.514 e. The average molecular weight is 1230 g/mol. The van der Waals surface area contributed by atoms with Crippen LogP contribution < -0.4 is 26.4 Å². The number of urea groups is 1. The number of anilines is 1. The SMILES string of the molecule is CO[C@H]1OCCN2[C@@H]1O[C@@H]1[C@H](C)O[C@@H](O[C@H]3C[C@](O)(C(=O)CO)Cc4c(O)c5c(c(O)c43)C(=O)c3c(OC(=O)OCc4ccc(NC(=O)[C@H](CCCNC(N)=O)CC(=O)[C@@H](NC(=O)CCCCCN6C(=O)C=CC6=O)C(C)C)cc4)cccc3C5=O)C[C@@H]12. The van der Waals surface area contributed by atoms with Gasteiger partial charge in [-0.1, -0.05) is 44.5 Å². The van der Waals surface area contributed by atoms with E-state index in [-0.39, 0.29) is 91.6 Å². The van der Waals surface area contributed by atoms with Gasteiger partial charge in [0.2, 0.25) is 17.6 Å². The Kier molecular flexibility index (Phi) is 20.2. The second-order valence-electron chi connectivity index (χ2n) is 23.0. The van der Waals surface area contributed by atoms with E-state index in [4.69, 9.17) is 38.9 Å². The molecule has 88 heavy (non-hydrogen) atoms. The highest BCUT2D eigenvalue weighted by Gasteiger charge is 2.55. The molecule has 2 aliphatic carbocycles. The first kappa shape index (κ1) is 64.5. The van der Waals surface area contributed by atoms with Crippen LogP contribution in [0.25, 0.3) is 0 Å². The maximum atomic E-state index is 14.7. The van der Waals surface area contributed by atoms with Crippen LogP contribution in [0.3, 0.4) is 0 Å². The number of nitrogens with zero attached hydrogens (tertiary/aromatic N) is 2. The van der Waals surface area contributed by atoms with Crippen LogP contribution in [0.5, 0.6) is 17.2 Å². The zero-order chi connectivity index (χ0) is 63.3. The number of Topliss-reactive ketones (excluding diaryl/α,β-unsaturated/α-hetero) is 2.